The number of benzene rings is 1. The molecule has 3 nitrogen and oxygen atoms in total. The molecular weight excluding hydrogens is 202 g/mol. The minimum atomic E-state index is -0.00394. The van der Waals surface area contributed by atoms with Crippen LogP contribution in [0.4, 0.5) is 0 Å². The molecule has 0 aromatic heterocycles. The maximum absolute atomic E-state index is 9.37. The van der Waals surface area contributed by atoms with Crippen molar-refractivity contribution in [2.45, 2.75) is 19.9 Å². The van der Waals surface area contributed by atoms with Crippen molar-refractivity contribution in [3.8, 4) is 0 Å². The highest BCUT2D eigenvalue weighted by atomic mass is 16.5. The predicted octanol–water partition coefficient (Wildman–Crippen LogP) is 1.57. The lowest BCUT2D eigenvalue weighted by atomic mass is 10.00. The van der Waals surface area contributed by atoms with Crippen LogP contribution in [0.2, 0.25) is 0 Å². The normalized spacial score (nSPS) is 12.8. The molecule has 0 aliphatic carbocycles. The second-order valence-electron chi connectivity index (χ2n) is 4.04. The molecule has 1 aromatic carbocycles. The summed E-state index contributed by atoms with van der Waals surface area (Å²) in [4.78, 5) is 0. The van der Waals surface area contributed by atoms with Gasteiger partial charge in [0.25, 0.3) is 0 Å². The summed E-state index contributed by atoms with van der Waals surface area (Å²) in [6.45, 7) is 5.65. The van der Waals surface area contributed by atoms with Crippen LogP contribution in [0.15, 0.2) is 18.2 Å². The van der Waals surface area contributed by atoms with Gasteiger partial charge in [0.15, 0.2) is 0 Å². The van der Waals surface area contributed by atoms with Crippen LogP contribution >= 0.6 is 0 Å². The van der Waals surface area contributed by atoms with Crippen molar-refractivity contribution in [3.05, 3.63) is 34.9 Å². The summed E-state index contributed by atoms with van der Waals surface area (Å²) in [6, 6.07) is 6.28. The number of ether oxygens (including phenoxy) is 1. The van der Waals surface area contributed by atoms with Gasteiger partial charge in [-0.15, -0.1) is 0 Å². The molecule has 3 heteroatoms. The van der Waals surface area contributed by atoms with E-state index in [1.807, 2.05) is 0 Å². The molecule has 0 saturated heterocycles. The third-order valence-corrected chi connectivity index (χ3v) is 2.68. The van der Waals surface area contributed by atoms with E-state index < -0.39 is 0 Å². The predicted molar refractivity (Wildman–Crippen MR) is 65.6 cm³/mol. The van der Waals surface area contributed by atoms with Gasteiger partial charge in [-0.05, 0) is 25.0 Å². The van der Waals surface area contributed by atoms with E-state index in [9.17, 15) is 5.11 Å². The van der Waals surface area contributed by atoms with E-state index in [4.69, 9.17) is 4.74 Å². The second kappa shape index (κ2) is 6.63. The molecule has 2 N–H and O–H groups in total. The van der Waals surface area contributed by atoms with E-state index >= 15 is 0 Å². The molecule has 0 aliphatic rings. The zero-order valence-corrected chi connectivity index (χ0v) is 10.3. The summed E-state index contributed by atoms with van der Waals surface area (Å²) in [7, 11) is 1.67. The Bertz CT molecular complexity index is 326. The van der Waals surface area contributed by atoms with Crippen LogP contribution in [0.5, 0.6) is 0 Å². The summed E-state index contributed by atoms with van der Waals surface area (Å²) in [5, 5.41) is 12.6. The van der Waals surface area contributed by atoms with E-state index in [0.717, 1.165) is 12.1 Å². The maximum atomic E-state index is 9.37. The standard InChI is InChI=1S/C13H21NO2/c1-10-4-5-12(11(2)8-10)13(9-15)14-6-7-16-3/h4-5,8,13-15H,6-7,9H2,1-3H3. The number of hydrogen-bond acceptors (Lipinski definition) is 3. The monoisotopic (exact) mass is 223 g/mol. The number of aliphatic hydroxyl groups is 1. The first-order valence-electron chi connectivity index (χ1n) is 5.59. The van der Waals surface area contributed by atoms with Gasteiger partial charge in [-0.25, -0.2) is 0 Å². The lowest BCUT2D eigenvalue weighted by molar-refractivity contribution is 0.184. The van der Waals surface area contributed by atoms with Gasteiger partial charge in [0.1, 0.15) is 0 Å². The molecule has 0 bridgehead atoms. The van der Waals surface area contributed by atoms with E-state index in [-0.39, 0.29) is 12.6 Å². The molecule has 0 heterocycles. The van der Waals surface area contributed by atoms with Crippen molar-refractivity contribution in [3.63, 3.8) is 0 Å². The van der Waals surface area contributed by atoms with E-state index in [0.29, 0.717) is 6.61 Å². The smallest absolute Gasteiger partial charge is 0.0626 e. The number of nitrogens with one attached hydrogen (secondary N) is 1. The Labute approximate surface area is 97.4 Å². The van der Waals surface area contributed by atoms with Gasteiger partial charge >= 0.3 is 0 Å². The molecule has 1 atom stereocenters. The fraction of sp³-hybridized carbons (Fsp3) is 0.538. The Morgan fingerprint density at radius 3 is 2.69 bits per heavy atom. The molecular formula is C13H21NO2. The number of methoxy groups -OCH3 is 1. The van der Waals surface area contributed by atoms with Crippen molar-refractivity contribution in [1.82, 2.24) is 5.32 Å². The van der Waals surface area contributed by atoms with Crippen molar-refractivity contribution in [2.24, 2.45) is 0 Å². The van der Waals surface area contributed by atoms with Crippen molar-refractivity contribution in [1.29, 1.82) is 0 Å². The molecule has 1 unspecified atom stereocenters. The van der Waals surface area contributed by atoms with Gasteiger partial charge in [0.05, 0.1) is 19.3 Å². The second-order valence-corrected chi connectivity index (χ2v) is 4.04. The maximum Gasteiger partial charge on any atom is 0.0626 e. The SMILES string of the molecule is COCCNC(CO)c1ccc(C)cc1C. The molecule has 0 amide bonds. The molecule has 16 heavy (non-hydrogen) atoms. The van der Waals surface area contributed by atoms with Gasteiger partial charge in [-0.3, -0.25) is 0 Å². The van der Waals surface area contributed by atoms with Gasteiger partial charge in [-0.2, -0.15) is 0 Å². The van der Waals surface area contributed by atoms with E-state index in [1.165, 1.54) is 11.1 Å². The van der Waals surface area contributed by atoms with Crippen LogP contribution < -0.4 is 5.32 Å². The summed E-state index contributed by atoms with van der Waals surface area (Å²) in [5.41, 5.74) is 3.61. The van der Waals surface area contributed by atoms with E-state index in [1.54, 1.807) is 7.11 Å². The van der Waals surface area contributed by atoms with Crippen LogP contribution in [0.25, 0.3) is 0 Å². The van der Waals surface area contributed by atoms with Crippen LogP contribution in [-0.2, 0) is 4.74 Å². The Hall–Kier alpha value is -0.900. The Kier molecular flexibility index (Phi) is 5.46. The molecule has 1 aromatic rings. The number of rotatable bonds is 6. The molecule has 0 spiro atoms. The fourth-order valence-electron chi connectivity index (χ4n) is 1.82. The zero-order valence-electron chi connectivity index (χ0n) is 10.3. The highest BCUT2D eigenvalue weighted by Crippen LogP contribution is 2.18. The van der Waals surface area contributed by atoms with Crippen LogP contribution in [-0.4, -0.2) is 32.0 Å². The van der Waals surface area contributed by atoms with Gasteiger partial charge in [0.2, 0.25) is 0 Å². The summed E-state index contributed by atoms with van der Waals surface area (Å²) in [6.07, 6.45) is 0. The third-order valence-electron chi connectivity index (χ3n) is 2.68. The summed E-state index contributed by atoms with van der Waals surface area (Å²) in [5.74, 6) is 0. The minimum Gasteiger partial charge on any atom is -0.394 e. The zero-order chi connectivity index (χ0) is 12.0. The highest BCUT2D eigenvalue weighted by Gasteiger charge is 2.11. The lowest BCUT2D eigenvalue weighted by Gasteiger charge is -2.19. The van der Waals surface area contributed by atoms with Crippen molar-refractivity contribution in [2.75, 3.05) is 26.9 Å². The van der Waals surface area contributed by atoms with Gasteiger partial charge in [0, 0.05) is 13.7 Å². The Balaban J connectivity index is 2.70. The summed E-state index contributed by atoms with van der Waals surface area (Å²) >= 11 is 0. The molecule has 0 radical (unpaired) electrons. The van der Waals surface area contributed by atoms with Gasteiger partial charge < -0.3 is 15.2 Å². The third kappa shape index (κ3) is 3.59. The first kappa shape index (κ1) is 13.2. The van der Waals surface area contributed by atoms with Crippen molar-refractivity contribution < 1.29 is 9.84 Å². The van der Waals surface area contributed by atoms with Crippen LogP contribution in [0.3, 0.4) is 0 Å². The fourth-order valence-corrected chi connectivity index (χ4v) is 1.82. The Morgan fingerprint density at radius 2 is 2.12 bits per heavy atom. The Morgan fingerprint density at radius 1 is 1.38 bits per heavy atom. The first-order valence-corrected chi connectivity index (χ1v) is 5.59. The average molecular weight is 223 g/mol. The summed E-state index contributed by atoms with van der Waals surface area (Å²) < 4.78 is 4.98. The van der Waals surface area contributed by atoms with Gasteiger partial charge in [-0.1, -0.05) is 23.8 Å². The van der Waals surface area contributed by atoms with Crippen LogP contribution in [0, 0.1) is 13.8 Å². The molecule has 90 valence electrons. The molecule has 0 saturated carbocycles. The van der Waals surface area contributed by atoms with Crippen LogP contribution in [0.1, 0.15) is 22.7 Å². The van der Waals surface area contributed by atoms with E-state index in [2.05, 4.69) is 37.4 Å². The first-order chi connectivity index (χ1) is 7.69. The van der Waals surface area contributed by atoms with Crippen molar-refractivity contribution >= 4 is 0 Å². The quantitative estimate of drug-likeness (QED) is 0.719. The highest BCUT2D eigenvalue weighted by molar-refractivity contribution is 5.32. The lowest BCUT2D eigenvalue weighted by Crippen LogP contribution is -2.28. The number of aryl methyl sites for hydroxylation is 2. The number of aliphatic hydroxyl groups excluding tert-OH is 1. The number of hydrogen-bond donors (Lipinski definition) is 2. The largest absolute Gasteiger partial charge is 0.394 e. The topological polar surface area (TPSA) is 41.5 Å². The molecule has 0 fully saturated rings. The molecule has 0 aliphatic heterocycles. The molecule has 1 rings (SSSR count). The minimum absolute atomic E-state index is 0.00394. The average Bonchev–Trinajstić information content (AvgIpc) is 2.26.